The Balaban J connectivity index is 1.64. The molecule has 0 saturated carbocycles. The second-order valence-corrected chi connectivity index (χ2v) is 11.5. The SMILES string of the molecule is Cc1cc(C)c(-c2cc(-c3ccccc3)cc(-c3cc(-c4ccccc4)cc(-c4c(C)cc(C)cc4C)n3)n2)c(C)c1. The first kappa shape index (κ1) is 27.4. The van der Waals surface area contributed by atoms with Crippen LogP contribution in [0.1, 0.15) is 33.4 Å². The number of nitrogens with zero attached hydrogens (tertiary/aromatic N) is 2. The van der Waals surface area contributed by atoms with Crippen molar-refractivity contribution >= 4 is 0 Å². The van der Waals surface area contributed by atoms with Crippen molar-refractivity contribution in [2.45, 2.75) is 41.5 Å². The fourth-order valence-corrected chi connectivity index (χ4v) is 6.34. The molecule has 2 nitrogen and oxygen atoms in total. The van der Waals surface area contributed by atoms with Crippen LogP contribution >= 0.6 is 0 Å². The number of hydrogen-bond donors (Lipinski definition) is 0. The van der Waals surface area contributed by atoms with E-state index in [1.165, 1.54) is 44.5 Å². The molecule has 6 rings (SSSR count). The molecule has 0 radical (unpaired) electrons. The lowest BCUT2D eigenvalue weighted by atomic mass is 9.93. The van der Waals surface area contributed by atoms with E-state index in [4.69, 9.17) is 9.97 Å². The first-order chi connectivity index (χ1) is 20.3. The van der Waals surface area contributed by atoms with Crippen LogP contribution in [0.25, 0.3) is 56.2 Å². The van der Waals surface area contributed by atoms with Gasteiger partial charge in [0.25, 0.3) is 0 Å². The largest absolute Gasteiger partial charge is 0.246 e. The summed E-state index contributed by atoms with van der Waals surface area (Å²) in [6, 6.07) is 38.9. The van der Waals surface area contributed by atoms with Crippen molar-refractivity contribution in [3.8, 4) is 56.2 Å². The number of benzene rings is 4. The van der Waals surface area contributed by atoms with Gasteiger partial charge in [0.1, 0.15) is 0 Å². The molecule has 42 heavy (non-hydrogen) atoms. The first-order valence-electron chi connectivity index (χ1n) is 14.6. The molecule has 0 bridgehead atoms. The van der Waals surface area contributed by atoms with Crippen LogP contribution in [0.5, 0.6) is 0 Å². The molecule has 0 unspecified atom stereocenters. The molecule has 2 heterocycles. The maximum Gasteiger partial charge on any atom is 0.0900 e. The highest BCUT2D eigenvalue weighted by molar-refractivity contribution is 5.82. The Morgan fingerprint density at radius 3 is 0.976 bits per heavy atom. The molecule has 0 aliphatic rings. The monoisotopic (exact) mass is 544 g/mol. The zero-order chi connectivity index (χ0) is 29.4. The van der Waals surface area contributed by atoms with Crippen molar-refractivity contribution in [3.05, 3.63) is 143 Å². The zero-order valence-corrected chi connectivity index (χ0v) is 25.3. The van der Waals surface area contributed by atoms with Crippen LogP contribution in [0, 0.1) is 41.5 Å². The molecule has 0 aliphatic heterocycles. The average molecular weight is 545 g/mol. The van der Waals surface area contributed by atoms with Gasteiger partial charge in [-0.3, -0.25) is 0 Å². The molecule has 0 fully saturated rings. The summed E-state index contributed by atoms with van der Waals surface area (Å²) < 4.78 is 0. The van der Waals surface area contributed by atoms with Gasteiger partial charge in [0.2, 0.25) is 0 Å². The van der Waals surface area contributed by atoms with Gasteiger partial charge in [0.15, 0.2) is 0 Å². The van der Waals surface area contributed by atoms with E-state index >= 15 is 0 Å². The molecule has 2 aromatic heterocycles. The summed E-state index contributed by atoms with van der Waals surface area (Å²) in [4.78, 5) is 10.6. The normalized spacial score (nSPS) is 11.1. The molecule has 2 heteroatoms. The predicted octanol–water partition coefficient (Wildman–Crippen LogP) is 10.7. The molecular formula is C40H36N2. The Morgan fingerprint density at radius 1 is 0.333 bits per heavy atom. The van der Waals surface area contributed by atoms with Crippen LogP contribution in [-0.4, -0.2) is 9.97 Å². The Bertz CT molecular complexity index is 1730. The van der Waals surface area contributed by atoms with Gasteiger partial charge in [-0.15, -0.1) is 0 Å². The van der Waals surface area contributed by atoms with Crippen molar-refractivity contribution in [1.82, 2.24) is 9.97 Å². The highest BCUT2D eigenvalue weighted by Crippen LogP contribution is 2.37. The van der Waals surface area contributed by atoms with E-state index in [0.717, 1.165) is 45.0 Å². The van der Waals surface area contributed by atoms with Gasteiger partial charge in [-0.1, -0.05) is 96.1 Å². The quantitative estimate of drug-likeness (QED) is 0.216. The summed E-state index contributed by atoms with van der Waals surface area (Å²) in [5, 5.41) is 0. The maximum absolute atomic E-state index is 5.32. The molecular weight excluding hydrogens is 508 g/mol. The van der Waals surface area contributed by atoms with E-state index < -0.39 is 0 Å². The minimum absolute atomic E-state index is 0.868. The molecule has 0 amide bonds. The van der Waals surface area contributed by atoms with Crippen LogP contribution in [0.15, 0.2) is 109 Å². The third-order valence-corrected chi connectivity index (χ3v) is 7.99. The summed E-state index contributed by atoms with van der Waals surface area (Å²) in [7, 11) is 0. The van der Waals surface area contributed by atoms with Crippen LogP contribution in [-0.2, 0) is 0 Å². The summed E-state index contributed by atoms with van der Waals surface area (Å²) >= 11 is 0. The molecule has 0 spiro atoms. The number of hydrogen-bond acceptors (Lipinski definition) is 2. The van der Waals surface area contributed by atoms with Crippen molar-refractivity contribution in [1.29, 1.82) is 0 Å². The van der Waals surface area contributed by atoms with Gasteiger partial charge in [0, 0.05) is 11.1 Å². The van der Waals surface area contributed by atoms with Gasteiger partial charge in [0.05, 0.1) is 22.8 Å². The van der Waals surface area contributed by atoms with E-state index in [1.54, 1.807) is 0 Å². The molecule has 0 aliphatic carbocycles. The summed E-state index contributed by atoms with van der Waals surface area (Å²) in [6.07, 6.45) is 0. The topological polar surface area (TPSA) is 25.8 Å². The minimum atomic E-state index is 0.868. The van der Waals surface area contributed by atoms with Gasteiger partial charge >= 0.3 is 0 Å². The van der Waals surface area contributed by atoms with Crippen LogP contribution < -0.4 is 0 Å². The maximum atomic E-state index is 5.32. The highest BCUT2D eigenvalue weighted by Gasteiger charge is 2.17. The van der Waals surface area contributed by atoms with Gasteiger partial charge in [-0.05, 0) is 110 Å². The Labute approximate surface area is 249 Å². The van der Waals surface area contributed by atoms with Gasteiger partial charge in [-0.2, -0.15) is 0 Å². The Morgan fingerprint density at radius 2 is 0.643 bits per heavy atom. The number of aromatic nitrogens is 2. The zero-order valence-electron chi connectivity index (χ0n) is 25.3. The summed E-state index contributed by atoms with van der Waals surface area (Å²) in [6.45, 7) is 13.0. The molecule has 6 aromatic rings. The van der Waals surface area contributed by atoms with Crippen LogP contribution in [0.3, 0.4) is 0 Å². The molecule has 0 N–H and O–H groups in total. The number of rotatable bonds is 5. The second-order valence-electron chi connectivity index (χ2n) is 11.5. The van der Waals surface area contributed by atoms with E-state index in [1.807, 2.05) is 0 Å². The van der Waals surface area contributed by atoms with E-state index in [-0.39, 0.29) is 0 Å². The number of pyridine rings is 2. The first-order valence-corrected chi connectivity index (χ1v) is 14.6. The third-order valence-electron chi connectivity index (χ3n) is 7.99. The van der Waals surface area contributed by atoms with Crippen molar-refractivity contribution in [2.24, 2.45) is 0 Å². The fourth-order valence-electron chi connectivity index (χ4n) is 6.34. The number of aryl methyl sites for hydroxylation is 6. The molecule has 0 saturated heterocycles. The smallest absolute Gasteiger partial charge is 0.0900 e. The predicted molar refractivity (Wildman–Crippen MR) is 178 cm³/mol. The Hall–Kier alpha value is -4.82. The van der Waals surface area contributed by atoms with E-state index in [2.05, 4.69) is 151 Å². The van der Waals surface area contributed by atoms with E-state index in [0.29, 0.717) is 0 Å². The highest BCUT2D eigenvalue weighted by atomic mass is 14.8. The van der Waals surface area contributed by atoms with Crippen molar-refractivity contribution < 1.29 is 0 Å². The standard InChI is InChI=1S/C40H36N2/c1-25-17-27(3)39(28(4)18-25)37-23-33(31-13-9-7-10-14-31)21-35(41-37)36-22-34(32-15-11-8-12-16-32)24-38(42-36)40-29(5)19-26(2)20-30(40)6/h7-24H,1-6H3. The van der Waals surface area contributed by atoms with E-state index in [9.17, 15) is 0 Å². The average Bonchev–Trinajstić information content (AvgIpc) is 2.97. The third kappa shape index (κ3) is 5.41. The molecule has 206 valence electrons. The van der Waals surface area contributed by atoms with Crippen molar-refractivity contribution in [3.63, 3.8) is 0 Å². The molecule has 4 aromatic carbocycles. The van der Waals surface area contributed by atoms with Crippen molar-refractivity contribution in [2.75, 3.05) is 0 Å². The lowest BCUT2D eigenvalue weighted by molar-refractivity contribution is 1.22. The molecule has 0 atom stereocenters. The Kier molecular flexibility index (Phi) is 7.31. The lowest BCUT2D eigenvalue weighted by Gasteiger charge is -2.17. The summed E-state index contributed by atoms with van der Waals surface area (Å²) in [5.74, 6) is 0. The fraction of sp³-hybridized carbons (Fsp3) is 0.150. The van der Waals surface area contributed by atoms with Crippen LogP contribution in [0.4, 0.5) is 0 Å². The van der Waals surface area contributed by atoms with Gasteiger partial charge < -0.3 is 0 Å². The summed E-state index contributed by atoms with van der Waals surface area (Å²) in [5.41, 5.74) is 18.1. The van der Waals surface area contributed by atoms with Gasteiger partial charge in [-0.25, -0.2) is 9.97 Å². The second kappa shape index (κ2) is 11.2. The van der Waals surface area contributed by atoms with Crippen LogP contribution in [0.2, 0.25) is 0 Å². The lowest BCUT2D eigenvalue weighted by Crippen LogP contribution is -1.99. The minimum Gasteiger partial charge on any atom is -0.246 e.